The topological polar surface area (TPSA) is 59.9 Å². The van der Waals surface area contributed by atoms with Crippen LogP contribution in [0.4, 0.5) is 0 Å². The van der Waals surface area contributed by atoms with Gasteiger partial charge in [0.25, 0.3) is 5.91 Å². The molecule has 1 amide bonds. The second-order valence-electron chi connectivity index (χ2n) is 5.68. The Kier molecular flexibility index (Phi) is 6.64. The van der Waals surface area contributed by atoms with Gasteiger partial charge in [-0.25, -0.2) is 5.43 Å². The zero-order chi connectivity index (χ0) is 19.1. The summed E-state index contributed by atoms with van der Waals surface area (Å²) in [6, 6.07) is 19.3. The zero-order valence-corrected chi connectivity index (χ0v) is 17.0. The van der Waals surface area contributed by atoms with E-state index in [0.717, 1.165) is 25.7 Å². The second kappa shape index (κ2) is 9.36. The molecule has 3 aromatic carbocycles. The van der Waals surface area contributed by atoms with E-state index in [0.29, 0.717) is 12.4 Å². The molecule has 0 unspecified atom stereocenters. The molecule has 27 heavy (non-hydrogen) atoms. The van der Waals surface area contributed by atoms with Crippen LogP contribution in [0, 0.1) is 3.57 Å². The number of fused-ring (bicyclic) bond motifs is 1. The molecule has 138 valence electrons. The summed E-state index contributed by atoms with van der Waals surface area (Å²) in [7, 11) is 0. The van der Waals surface area contributed by atoms with E-state index in [1.807, 2.05) is 67.6 Å². The van der Waals surface area contributed by atoms with Gasteiger partial charge in [0.1, 0.15) is 11.5 Å². The van der Waals surface area contributed by atoms with Crippen LogP contribution < -0.4 is 14.9 Å². The number of carbonyl (C=O) groups excluding carboxylic acids is 1. The predicted molar refractivity (Wildman–Crippen MR) is 116 cm³/mol. The summed E-state index contributed by atoms with van der Waals surface area (Å²) in [5, 5.41) is 6.02. The minimum atomic E-state index is -0.320. The average Bonchev–Trinajstić information content (AvgIpc) is 2.68. The van der Waals surface area contributed by atoms with Crippen LogP contribution in [0.1, 0.15) is 12.5 Å². The molecule has 1 N–H and O–H groups in total. The molecule has 0 aliphatic carbocycles. The largest absolute Gasteiger partial charge is 0.493 e. The zero-order valence-electron chi connectivity index (χ0n) is 14.8. The standard InChI is InChI=1S/C21H19IN2O3/c1-2-26-20-11-10-15(12-18(20)22)13-23-24-21(25)14-27-19-9-5-7-16-6-3-4-8-17(16)19/h3-13H,2,14H2,1H3,(H,24,25)/b23-13+. The van der Waals surface area contributed by atoms with Crippen molar-refractivity contribution in [3.05, 3.63) is 69.8 Å². The van der Waals surface area contributed by atoms with E-state index in [1.165, 1.54) is 0 Å². The number of amides is 1. The van der Waals surface area contributed by atoms with Gasteiger partial charge in [0.2, 0.25) is 0 Å². The van der Waals surface area contributed by atoms with Crippen molar-refractivity contribution < 1.29 is 14.3 Å². The van der Waals surface area contributed by atoms with Gasteiger partial charge in [0.15, 0.2) is 6.61 Å². The van der Waals surface area contributed by atoms with E-state index in [-0.39, 0.29) is 12.5 Å². The van der Waals surface area contributed by atoms with E-state index >= 15 is 0 Å². The number of hydrazone groups is 1. The number of nitrogens with one attached hydrogen (secondary N) is 1. The van der Waals surface area contributed by atoms with Gasteiger partial charge < -0.3 is 9.47 Å². The Balaban J connectivity index is 1.55. The smallest absolute Gasteiger partial charge is 0.277 e. The van der Waals surface area contributed by atoms with Crippen molar-refractivity contribution in [1.82, 2.24) is 5.43 Å². The molecule has 0 aliphatic rings. The van der Waals surface area contributed by atoms with E-state index in [9.17, 15) is 4.79 Å². The number of hydrogen-bond donors (Lipinski definition) is 1. The quantitative estimate of drug-likeness (QED) is 0.314. The van der Waals surface area contributed by atoms with Gasteiger partial charge in [-0.2, -0.15) is 5.10 Å². The summed E-state index contributed by atoms with van der Waals surface area (Å²) < 4.78 is 12.1. The number of nitrogens with zero attached hydrogens (tertiary/aromatic N) is 1. The number of halogens is 1. The molecule has 0 heterocycles. The molecule has 0 atom stereocenters. The maximum Gasteiger partial charge on any atom is 0.277 e. The van der Waals surface area contributed by atoms with Gasteiger partial charge in [-0.1, -0.05) is 36.4 Å². The van der Waals surface area contributed by atoms with Crippen molar-refractivity contribution in [3.8, 4) is 11.5 Å². The third-order valence-electron chi connectivity index (χ3n) is 3.77. The third-order valence-corrected chi connectivity index (χ3v) is 4.61. The van der Waals surface area contributed by atoms with Crippen LogP contribution >= 0.6 is 22.6 Å². The summed E-state index contributed by atoms with van der Waals surface area (Å²) >= 11 is 2.21. The van der Waals surface area contributed by atoms with Gasteiger partial charge in [-0.05, 0) is 64.7 Å². The van der Waals surface area contributed by atoms with E-state index in [1.54, 1.807) is 6.21 Å². The first-order valence-electron chi connectivity index (χ1n) is 8.52. The summed E-state index contributed by atoms with van der Waals surface area (Å²) in [5.74, 6) is 1.19. The number of ether oxygens (including phenoxy) is 2. The minimum absolute atomic E-state index is 0.105. The lowest BCUT2D eigenvalue weighted by molar-refractivity contribution is -0.123. The van der Waals surface area contributed by atoms with Crippen molar-refractivity contribution in [1.29, 1.82) is 0 Å². The van der Waals surface area contributed by atoms with Crippen LogP contribution in [0.5, 0.6) is 11.5 Å². The normalized spacial score (nSPS) is 10.9. The van der Waals surface area contributed by atoms with Crippen LogP contribution in [-0.2, 0) is 4.79 Å². The summed E-state index contributed by atoms with van der Waals surface area (Å²) in [6.07, 6.45) is 1.59. The molecule has 0 radical (unpaired) electrons. The Labute approximate surface area is 171 Å². The van der Waals surface area contributed by atoms with Crippen LogP contribution in [0.3, 0.4) is 0 Å². The first-order chi connectivity index (χ1) is 13.2. The maximum atomic E-state index is 12.0. The van der Waals surface area contributed by atoms with Crippen molar-refractivity contribution in [2.45, 2.75) is 6.92 Å². The molecule has 0 saturated carbocycles. The number of rotatable bonds is 7. The Bertz CT molecular complexity index is 967. The molecule has 5 nitrogen and oxygen atoms in total. The number of carbonyl (C=O) groups is 1. The molecule has 0 fully saturated rings. The van der Waals surface area contributed by atoms with Crippen molar-refractivity contribution in [2.75, 3.05) is 13.2 Å². The van der Waals surface area contributed by atoms with Crippen LogP contribution in [0.2, 0.25) is 0 Å². The molecule has 0 saturated heterocycles. The maximum absolute atomic E-state index is 12.0. The average molecular weight is 474 g/mol. The van der Waals surface area contributed by atoms with Crippen molar-refractivity contribution >= 4 is 45.5 Å². The monoisotopic (exact) mass is 474 g/mol. The fourth-order valence-electron chi connectivity index (χ4n) is 2.55. The fourth-order valence-corrected chi connectivity index (χ4v) is 3.24. The van der Waals surface area contributed by atoms with Crippen molar-refractivity contribution in [3.63, 3.8) is 0 Å². The highest BCUT2D eigenvalue weighted by atomic mass is 127. The van der Waals surface area contributed by atoms with E-state index in [2.05, 4.69) is 33.1 Å². The predicted octanol–water partition coefficient (Wildman–Crippen LogP) is 4.37. The van der Waals surface area contributed by atoms with Gasteiger partial charge in [0.05, 0.1) is 16.4 Å². The van der Waals surface area contributed by atoms with Crippen molar-refractivity contribution in [2.24, 2.45) is 5.10 Å². The highest BCUT2D eigenvalue weighted by Gasteiger charge is 2.05. The van der Waals surface area contributed by atoms with E-state index < -0.39 is 0 Å². The molecule has 0 spiro atoms. The van der Waals surface area contributed by atoms with E-state index in [4.69, 9.17) is 9.47 Å². The molecule has 0 aromatic heterocycles. The van der Waals surface area contributed by atoms with Gasteiger partial charge in [-0.15, -0.1) is 0 Å². The molecule has 6 heteroatoms. The first kappa shape index (κ1) is 19.2. The molecule has 0 aliphatic heterocycles. The lowest BCUT2D eigenvalue weighted by Gasteiger charge is -2.08. The second-order valence-corrected chi connectivity index (χ2v) is 6.84. The van der Waals surface area contributed by atoms with Crippen LogP contribution in [-0.4, -0.2) is 25.3 Å². The van der Waals surface area contributed by atoms with Crippen LogP contribution in [0.15, 0.2) is 65.8 Å². The minimum Gasteiger partial charge on any atom is -0.493 e. The Morgan fingerprint density at radius 1 is 1.07 bits per heavy atom. The molecule has 3 aromatic rings. The fraction of sp³-hybridized carbons (Fsp3) is 0.143. The Hall–Kier alpha value is -2.61. The number of hydrogen-bond acceptors (Lipinski definition) is 4. The highest BCUT2D eigenvalue weighted by molar-refractivity contribution is 14.1. The molecule has 0 bridgehead atoms. The molecular weight excluding hydrogens is 455 g/mol. The van der Waals surface area contributed by atoms with Crippen LogP contribution in [0.25, 0.3) is 10.8 Å². The summed E-state index contributed by atoms with van der Waals surface area (Å²) in [5.41, 5.74) is 3.35. The highest BCUT2D eigenvalue weighted by Crippen LogP contribution is 2.25. The Morgan fingerprint density at radius 2 is 1.89 bits per heavy atom. The third kappa shape index (κ3) is 5.19. The Morgan fingerprint density at radius 3 is 2.70 bits per heavy atom. The first-order valence-corrected chi connectivity index (χ1v) is 9.60. The van der Waals surface area contributed by atoms with Gasteiger partial charge >= 0.3 is 0 Å². The lowest BCUT2D eigenvalue weighted by Crippen LogP contribution is -2.24. The molecular formula is C21H19IN2O3. The SMILES string of the molecule is CCOc1ccc(/C=N/NC(=O)COc2cccc3ccccc23)cc1I. The summed E-state index contributed by atoms with van der Waals surface area (Å²) in [6.45, 7) is 2.46. The molecule has 3 rings (SSSR count). The van der Waals surface area contributed by atoms with Gasteiger partial charge in [0, 0.05) is 5.39 Å². The number of benzene rings is 3. The lowest BCUT2D eigenvalue weighted by atomic mass is 10.1. The summed E-state index contributed by atoms with van der Waals surface area (Å²) in [4.78, 5) is 12.0. The van der Waals surface area contributed by atoms with Gasteiger partial charge in [-0.3, -0.25) is 4.79 Å².